The number of para-hydroxylation sites is 3. The van der Waals surface area contributed by atoms with E-state index in [1.165, 1.54) is 0 Å². The molecular weight excluding hydrogens is 466 g/mol. The van der Waals surface area contributed by atoms with Crippen molar-refractivity contribution in [3.63, 3.8) is 0 Å². The van der Waals surface area contributed by atoms with E-state index in [9.17, 15) is 19.6 Å². The van der Waals surface area contributed by atoms with Crippen molar-refractivity contribution < 1.29 is 14.4 Å². The molecule has 0 bridgehead atoms. The van der Waals surface area contributed by atoms with E-state index in [2.05, 4.69) is 10.6 Å². The number of hydrogen-bond acceptors (Lipinski definition) is 6. The third kappa shape index (κ3) is 5.52. The highest BCUT2D eigenvalue weighted by atomic mass is 16.2. The molecule has 1 aliphatic heterocycles. The average Bonchev–Trinajstić information content (AvgIpc) is 3.17. The van der Waals surface area contributed by atoms with Crippen LogP contribution in [0.3, 0.4) is 0 Å². The van der Waals surface area contributed by atoms with Crippen molar-refractivity contribution in [1.82, 2.24) is 5.32 Å². The van der Waals surface area contributed by atoms with Crippen LogP contribution < -0.4 is 20.4 Å². The molecule has 3 aromatic carbocycles. The van der Waals surface area contributed by atoms with Crippen LogP contribution in [0.4, 0.5) is 17.1 Å². The normalized spacial score (nSPS) is 12.8. The zero-order valence-corrected chi connectivity index (χ0v) is 20.6. The van der Waals surface area contributed by atoms with E-state index < -0.39 is 23.6 Å². The first kappa shape index (κ1) is 25.2. The van der Waals surface area contributed by atoms with Crippen LogP contribution in [0.25, 0.3) is 0 Å². The first-order valence-corrected chi connectivity index (χ1v) is 11.8. The molecule has 4 rings (SSSR count). The number of nitriles is 1. The Morgan fingerprint density at radius 2 is 1.35 bits per heavy atom. The molecule has 2 amide bonds. The maximum atomic E-state index is 13.0. The Morgan fingerprint density at radius 1 is 0.811 bits per heavy atom. The molecule has 1 unspecified atom stereocenters. The number of benzene rings is 3. The number of fused-ring (bicyclic) bond motifs is 1. The van der Waals surface area contributed by atoms with E-state index in [0.29, 0.717) is 17.1 Å². The number of amides is 2. The Labute approximate surface area is 215 Å². The molecule has 0 fully saturated rings. The largest absolute Gasteiger partial charge is 0.341 e. The standard InChI is InChI=1S/C29H27N5O3/c1-33-23-15-9-10-16-24(23)34(2)29(33)22(19-30)25(35)17-18-26(36)32-27(20-11-5-3-6-12-20)28(37)31-21-13-7-4-8-14-21/h3-16,27H,17-18H2,1-2H3,(H,31,37)(H,32,36). The van der Waals surface area contributed by atoms with Gasteiger partial charge in [0.05, 0.1) is 11.4 Å². The summed E-state index contributed by atoms with van der Waals surface area (Å²) in [5.41, 5.74) is 2.97. The second-order valence-corrected chi connectivity index (χ2v) is 8.61. The lowest BCUT2D eigenvalue weighted by Gasteiger charge is -2.20. The topological polar surface area (TPSA) is 106 Å². The smallest absolute Gasteiger partial charge is 0.251 e. The molecule has 37 heavy (non-hydrogen) atoms. The van der Waals surface area contributed by atoms with Gasteiger partial charge in [0.25, 0.3) is 5.91 Å². The summed E-state index contributed by atoms with van der Waals surface area (Å²) in [4.78, 5) is 42.5. The quantitative estimate of drug-likeness (QED) is 0.361. The van der Waals surface area contributed by atoms with Crippen LogP contribution in [0.2, 0.25) is 0 Å². The molecule has 0 saturated carbocycles. The van der Waals surface area contributed by atoms with Crippen LogP contribution in [-0.2, 0) is 14.4 Å². The van der Waals surface area contributed by atoms with Crippen LogP contribution in [-0.4, -0.2) is 31.7 Å². The molecule has 0 aliphatic carbocycles. The maximum absolute atomic E-state index is 13.0. The zero-order chi connectivity index (χ0) is 26.4. The van der Waals surface area contributed by atoms with Gasteiger partial charge in [-0.3, -0.25) is 14.4 Å². The fourth-order valence-electron chi connectivity index (χ4n) is 4.32. The minimum atomic E-state index is -0.945. The van der Waals surface area contributed by atoms with E-state index in [1.807, 2.05) is 42.5 Å². The molecule has 1 aliphatic rings. The summed E-state index contributed by atoms with van der Waals surface area (Å²) in [6, 6.07) is 26.5. The first-order chi connectivity index (χ1) is 17.9. The van der Waals surface area contributed by atoms with Gasteiger partial charge in [0.2, 0.25) is 5.91 Å². The van der Waals surface area contributed by atoms with Gasteiger partial charge in [0.15, 0.2) is 5.78 Å². The minimum absolute atomic E-state index is 0.0181. The molecule has 0 saturated heterocycles. The molecule has 186 valence electrons. The van der Waals surface area contributed by atoms with E-state index in [0.717, 1.165) is 11.4 Å². The molecule has 8 nitrogen and oxygen atoms in total. The van der Waals surface area contributed by atoms with Crippen molar-refractivity contribution >= 4 is 34.7 Å². The van der Waals surface area contributed by atoms with E-state index in [-0.39, 0.29) is 18.4 Å². The third-order valence-corrected chi connectivity index (χ3v) is 6.17. The summed E-state index contributed by atoms with van der Waals surface area (Å²) >= 11 is 0. The van der Waals surface area contributed by atoms with E-state index in [1.54, 1.807) is 72.4 Å². The summed E-state index contributed by atoms with van der Waals surface area (Å²) in [6.07, 6.45) is -0.336. The molecule has 3 aromatic rings. The number of nitrogens with zero attached hydrogens (tertiary/aromatic N) is 3. The number of carbonyl (C=O) groups is 3. The number of rotatable bonds is 8. The lowest BCUT2D eigenvalue weighted by Crippen LogP contribution is -2.37. The summed E-state index contributed by atoms with van der Waals surface area (Å²) in [7, 11) is 3.59. The Hall–Kier alpha value is -4.90. The fraction of sp³-hybridized carbons (Fsp3) is 0.172. The highest BCUT2D eigenvalue weighted by Gasteiger charge is 2.31. The lowest BCUT2D eigenvalue weighted by molar-refractivity contribution is -0.127. The summed E-state index contributed by atoms with van der Waals surface area (Å²) in [5.74, 6) is -0.837. The van der Waals surface area contributed by atoms with Crippen LogP contribution in [0, 0.1) is 11.3 Å². The van der Waals surface area contributed by atoms with Crippen LogP contribution in [0.5, 0.6) is 0 Å². The van der Waals surface area contributed by atoms with Crippen LogP contribution in [0.1, 0.15) is 24.4 Å². The molecule has 0 spiro atoms. The van der Waals surface area contributed by atoms with Gasteiger partial charge in [-0.25, -0.2) is 0 Å². The number of anilines is 3. The molecular formula is C29H27N5O3. The van der Waals surface area contributed by atoms with Gasteiger partial charge in [-0.1, -0.05) is 60.7 Å². The number of nitrogens with one attached hydrogen (secondary N) is 2. The summed E-state index contributed by atoms with van der Waals surface area (Å²) in [6.45, 7) is 0. The van der Waals surface area contributed by atoms with Gasteiger partial charge < -0.3 is 20.4 Å². The van der Waals surface area contributed by atoms with Gasteiger partial charge in [0.1, 0.15) is 23.5 Å². The Balaban J connectivity index is 1.46. The Morgan fingerprint density at radius 3 is 1.92 bits per heavy atom. The second-order valence-electron chi connectivity index (χ2n) is 8.61. The zero-order valence-electron chi connectivity index (χ0n) is 20.6. The van der Waals surface area contributed by atoms with Gasteiger partial charge in [0, 0.05) is 32.6 Å². The van der Waals surface area contributed by atoms with Crippen LogP contribution >= 0.6 is 0 Å². The average molecular weight is 494 g/mol. The van der Waals surface area contributed by atoms with Crippen molar-refractivity contribution in [2.45, 2.75) is 18.9 Å². The number of ketones is 1. The molecule has 0 radical (unpaired) electrons. The SMILES string of the molecule is CN1C(=C(C#N)C(=O)CCC(=O)NC(C(=O)Nc2ccccc2)c2ccccc2)N(C)c2ccccc21. The number of hydrogen-bond donors (Lipinski definition) is 2. The molecule has 2 N–H and O–H groups in total. The number of allylic oxidation sites excluding steroid dienone is 1. The minimum Gasteiger partial charge on any atom is -0.341 e. The number of carbonyl (C=O) groups excluding carboxylic acids is 3. The van der Waals surface area contributed by atoms with Crippen molar-refractivity contribution in [3.05, 3.63) is 102 Å². The highest BCUT2D eigenvalue weighted by Crippen LogP contribution is 2.40. The fourth-order valence-corrected chi connectivity index (χ4v) is 4.32. The first-order valence-electron chi connectivity index (χ1n) is 11.8. The predicted octanol–water partition coefficient (Wildman–Crippen LogP) is 4.15. The number of Topliss-reactive ketones (excluding diaryl/α,β-unsaturated/α-hetero) is 1. The lowest BCUT2D eigenvalue weighted by atomic mass is 10.0. The monoisotopic (exact) mass is 493 g/mol. The Bertz CT molecular complexity index is 1350. The van der Waals surface area contributed by atoms with Gasteiger partial charge in [-0.15, -0.1) is 0 Å². The van der Waals surface area contributed by atoms with E-state index in [4.69, 9.17) is 0 Å². The van der Waals surface area contributed by atoms with Gasteiger partial charge >= 0.3 is 0 Å². The molecule has 1 atom stereocenters. The van der Waals surface area contributed by atoms with Crippen LogP contribution in [0.15, 0.2) is 96.3 Å². The molecule has 1 heterocycles. The summed E-state index contributed by atoms with van der Waals surface area (Å²) < 4.78 is 0. The van der Waals surface area contributed by atoms with Crippen molar-refractivity contribution in [1.29, 1.82) is 5.26 Å². The maximum Gasteiger partial charge on any atom is 0.251 e. The van der Waals surface area contributed by atoms with Gasteiger partial charge in [-0.2, -0.15) is 5.26 Å². The van der Waals surface area contributed by atoms with Crippen molar-refractivity contribution in [2.75, 3.05) is 29.2 Å². The molecule has 8 heteroatoms. The van der Waals surface area contributed by atoms with Crippen molar-refractivity contribution in [3.8, 4) is 6.07 Å². The highest BCUT2D eigenvalue weighted by molar-refractivity contribution is 6.04. The predicted molar refractivity (Wildman–Crippen MR) is 143 cm³/mol. The van der Waals surface area contributed by atoms with Crippen molar-refractivity contribution in [2.24, 2.45) is 0 Å². The second kappa shape index (κ2) is 11.2. The molecule has 0 aromatic heterocycles. The van der Waals surface area contributed by atoms with E-state index >= 15 is 0 Å². The summed E-state index contributed by atoms with van der Waals surface area (Å²) in [5, 5.41) is 15.4. The van der Waals surface area contributed by atoms with Gasteiger partial charge in [-0.05, 0) is 29.8 Å². The Kier molecular flexibility index (Phi) is 7.65. The third-order valence-electron chi connectivity index (χ3n) is 6.17.